The third-order valence-corrected chi connectivity index (χ3v) is 3.92. The molecule has 2 N–H and O–H groups in total. The van der Waals surface area contributed by atoms with Gasteiger partial charge in [-0.05, 0) is 45.1 Å². The van der Waals surface area contributed by atoms with Crippen LogP contribution in [0.25, 0.3) is 32.3 Å². The Morgan fingerprint density at radius 3 is 2.09 bits per heavy atom. The fourth-order valence-electron chi connectivity index (χ4n) is 2.98. The normalized spacial score (nSPS) is 10.7. The summed E-state index contributed by atoms with van der Waals surface area (Å²) in [6.45, 7) is 0. The van der Waals surface area contributed by atoms with E-state index in [0.717, 1.165) is 26.9 Å². The average Bonchev–Trinajstić information content (AvgIpc) is 2.52. The predicted molar refractivity (Wildman–Crippen MR) is 96.9 cm³/mol. The van der Waals surface area contributed by atoms with Crippen LogP contribution in [-0.4, -0.2) is 36.2 Å². The average molecular weight is 296 g/mol. The molecule has 4 rings (SSSR count). The first-order valence-electron chi connectivity index (χ1n) is 7.09. The second-order valence-electron chi connectivity index (χ2n) is 5.28. The zero-order chi connectivity index (χ0) is 15.1. The van der Waals surface area contributed by atoms with Gasteiger partial charge in [-0.15, -0.1) is 0 Å². The molecule has 0 aliphatic rings. The zero-order valence-electron chi connectivity index (χ0n) is 11.7. The molecule has 0 spiro atoms. The summed E-state index contributed by atoms with van der Waals surface area (Å²) in [5, 5.41) is 24.6. The van der Waals surface area contributed by atoms with Crippen molar-refractivity contribution in [3.8, 4) is 5.75 Å². The number of rotatable bonds is 2. The molecule has 3 nitrogen and oxygen atoms in total. The van der Waals surface area contributed by atoms with Gasteiger partial charge in [-0.1, -0.05) is 48.5 Å². The number of fused-ring (bicyclic) bond motifs is 4. The molecule has 0 radical (unpaired) electrons. The molecule has 0 aliphatic heterocycles. The Balaban J connectivity index is 0.00000156. The molecule has 0 amide bonds. The minimum absolute atomic E-state index is 0. The molecule has 4 aromatic carbocycles. The van der Waals surface area contributed by atoms with Crippen molar-refractivity contribution in [3.63, 3.8) is 0 Å². The molecule has 23 heavy (non-hydrogen) atoms. The molecule has 0 saturated heterocycles. The van der Waals surface area contributed by atoms with Crippen molar-refractivity contribution in [1.82, 2.24) is 0 Å². The Morgan fingerprint density at radius 2 is 1.35 bits per heavy atom. The van der Waals surface area contributed by atoms with E-state index in [0.29, 0.717) is 5.75 Å². The fraction of sp³-hybridized carbons (Fsp3) is 0. The standard InChI is InChI=1S/C18H13BO3.Li.H/c20-19(21)22-17-7-3-6-12-8-9-15-10-13-4-1-2-5-14(13)11-16(15)18(12)17;;/h1-11,20-21H;;. The van der Waals surface area contributed by atoms with Crippen molar-refractivity contribution < 1.29 is 14.7 Å². The van der Waals surface area contributed by atoms with Gasteiger partial charge in [-0.3, -0.25) is 0 Å². The fourth-order valence-corrected chi connectivity index (χ4v) is 2.98. The SMILES string of the molecule is OB(O)Oc1cccc2ccc3cc4ccccc4cc3c12.[LiH]. The molecule has 0 bridgehead atoms. The molecule has 0 saturated carbocycles. The molecular weight excluding hydrogens is 282 g/mol. The Hall–Kier alpha value is -1.96. The van der Waals surface area contributed by atoms with Crippen LogP contribution < -0.4 is 4.65 Å². The van der Waals surface area contributed by atoms with E-state index >= 15 is 0 Å². The van der Waals surface area contributed by atoms with Gasteiger partial charge in [0.1, 0.15) is 5.75 Å². The molecule has 108 valence electrons. The first-order valence-corrected chi connectivity index (χ1v) is 7.09. The van der Waals surface area contributed by atoms with Crippen LogP contribution in [0.5, 0.6) is 5.75 Å². The van der Waals surface area contributed by atoms with Crippen LogP contribution in [0, 0.1) is 0 Å². The summed E-state index contributed by atoms with van der Waals surface area (Å²) < 4.78 is 5.16. The molecule has 5 heteroatoms. The monoisotopic (exact) mass is 296 g/mol. The van der Waals surface area contributed by atoms with Crippen molar-refractivity contribution in [2.24, 2.45) is 0 Å². The summed E-state index contributed by atoms with van der Waals surface area (Å²) >= 11 is 0. The second-order valence-corrected chi connectivity index (χ2v) is 5.28. The molecule has 0 unspecified atom stereocenters. The van der Waals surface area contributed by atoms with Crippen LogP contribution in [0.15, 0.2) is 66.7 Å². The first kappa shape index (κ1) is 15.9. The molecule has 0 fully saturated rings. The summed E-state index contributed by atoms with van der Waals surface area (Å²) in [6.07, 6.45) is 0. The van der Waals surface area contributed by atoms with E-state index in [4.69, 9.17) is 14.7 Å². The Bertz CT molecular complexity index is 1000. The molecule has 0 aromatic heterocycles. The minimum atomic E-state index is -1.83. The van der Waals surface area contributed by atoms with Crippen LogP contribution in [-0.2, 0) is 0 Å². The van der Waals surface area contributed by atoms with Gasteiger partial charge in [0.25, 0.3) is 0 Å². The van der Waals surface area contributed by atoms with Gasteiger partial charge < -0.3 is 14.7 Å². The van der Waals surface area contributed by atoms with E-state index in [-0.39, 0.29) is 18.9 Å². The summed E-state index contributed by atoms with van der Waals surface area (Å²) in [4.78, 5) is 0. The number of hydrogen-bond acceptors (Lipinski definition) is 3. The van der Waals surface area contributed by atoms with Gasteiger partial charge in [0.05, 0.1) is 0 Å². The van der Waals surface area contributed by atoms with Crippen molar-refractivity contribution >= 4 is 58.5 Å². The van der Waals surface area contributed by atoms with Crippen molar-refractivity contribution in [2.75, 3.05) is 0 Å². The zero-order valence-corrected chi connectivity index (χ0v) is 11.7. The van der Waals surface area contributed by atoms with Gasteiger partial charge in [-0.25, -0.2) is 0 Å². The van der Waals surface area contributed by atoms with E-state index in [1.165, 1.54) is 5.39 Å². The maximum absolute atomic E-state index is 9.14. The van der Waals surface area contributed by atoms with Crippen molar-refractivity contribution in [1.29, 1.82) is 0 Å². The van der Waals surface area contributed by atoms with Crippen LogP contribution >= 0.6 is 0 Å². The van der Waals surface area contributed by atoms with Gasteiger partial charge in [-0.2, -0.15) is 0 Å². The van der Waals surface area contributed by atoms with Crippen LogP contribution in [0.3, 0.4) is 0 Å². The molecule has 4 aromatic rings. The molecule has 0 aliphatic carbocycles. The third-order valence-electron chi connectivity index (χ3n) is 3.92. The van der Waals surface area contributed by atoms with E-state index in [9.17, 15) is 0 Å². The van der Waals surface area contributed by atoms with E-state index in [1.807, 2.05) is 30.3 Å². The summed E-state index contributed by atoms with van der Waals surface area (Å²) in [5.41, 5.74) is 0. The van der Waals surface area contributed by atoms with E-state index in [2.05, 4.69) is 30.3 Å². The molecule has 0 atom stereocenters. The number of hydrogen-bond donors (Lipinski definition) is 2. The Kier molecular flexibility index (Phi) is 4.34. The molecule has 0 heterocycles. The van der Waals surface area contributed by atoms with Crippen molar-refractivity contribution in [2.45, 2.75) is 0 Å². The second kappa shape index (κ2) is 6.27. The van der Waals surface area contributed by atoms with Crippen LogP contribution in [0.4, 0.5) is 0 Å². The topological polar surface area (TPSA) is 49.7 Å². The van der Waals surface area contributed by atoms with Crippen LogP contribution in [0.1, 0.15) is 0 Å². The first-order chi connectivity index (χ1) is 10.7. The molecular formula is C18H14BLiO3. The predicted octanol–water partition coefficient (Wildman–Crippen LogP) is 2.85. The van der Waals surface area contributed by atoms with Crippen molar-refractivity contribution in [3.05, 3.63) is 66.7 Å². The summed E-state index contributed by atoms with van der Waals surface area (Å²) in [6, 6.07) is 22.1. The quantitative estimate of drug-likeness (QED) is 0.340. The van der Waals surface area contributed by atoms with Gasteiger partial charge >= 0.3 is 26.2 Å². The van der Waals surface area contributed by atoms with E-state index in [1.54, 1.807) is 6.07 Å². The van der Waals surface area contributed by atoms with Gasteiger partial charge in [0, 0.05) is 5.39 Å². The summed E-state index contributed by atoms with van der Waals surface area (Å²) in [7, 11) is -1.83. The van der Waals surface area contributed by atoms with Gasteiger partial charge in [0.2, 0.25) is 0 Å². The maximum atomic E-state index is 9.14. The number of benzene rings is 4. The third kappa shape index (κ3) is 2.83. The van der Waals surface area contributed by atoms with E-state index < -0.39 is 7.32 Å². The summed E-state index contributed by atoms with van der Waals surface area (Å²) in [5.74, 6) is 0.466. The van der Waals surface area contributed by atoms with Gasteiger partial charge in [0.15, 0.2) is 0 Å². The Morgan fingerprint density at radius 1 is 0.696 bits per heavy atom. The Labute approximate surface area is 145 Å². The van der Waals surface area contributed by atoms with Crippen LogP contribution in [0.2, 0.25) is 0 Å².